The Morgan fingerprint density at radius 3 is 2.69 bits per heavy atom. The van der Waals surface area contributed by atoms with E-state index in [4.69, 9.17) is 9.47 Å². The van der Waals surface area contributed by atoms with Crippen LogP contribution in [0.5, 0.6) is 0 Å². The summed E-state index contributed by atoms with van der Waals surface area (Å²) in [6.45, 7) is 1.99. The number of thiazole rings is 1. The molecule has 1 amide bonds. The van der Waals surface area contributed by atoms with E-state index in [-0.39, 0.29) is 12.5 Å². The Kier molecular flexibility index (Phi) is 7.19. The van der Waals surface area contributed by atoms with Crippen LogP contribution in [-0.2, 0) is 25.6 Å². The van der Waals surface area contributed by atoms with Crippen LogP contribution in [0, 0.1) is 5.92 Å². The summed E-state index contributed by atoms with van der Waals surface area (Å²) >= 11 is 1.27. The molecule has 0 N–H and O–H groups in total. The van der Waals surface area contributed by atoms with E-state index in [1.54, 1.807) is 29.7 Å². The van der Waals surface area contributed by atoms with Gasteiger partial charge in [-0.05, 0) is 37.5 Å². The summed E-state index contributed by atoms with van der Waals surface area (Å²) in [5.41, 5.74) is 1.14. The van der Waals surface area contributed by atoms with Crippen molar-refractivity contribution >= 4 is 39.4 Å². The highest BCUT2D eigenvalue weighted by Crippen LogP contribution is 2.28. The summed E-state index contributed by atoms with van der Waals surface area (Å²) in [6, 6.07) is 5.09. The molecule has 1 heterocycles. The molecule has 156 valence electrons. The number of methoxy groups -OCH3 is 1. The maximum Gasteiger partial charge on any atom is 0.338 e. The lowest BCUT2D eigenvalue weighted by molar-refractivity contribution is -0.141. The highest BCUT2D eigenvalue weighted by Gasteiger charge is 2.17. The Bertz CT molecular complexity index is 969. The second kappa shape index (κ2) is 9.82. The molecule has 29 heavy (non-hydrogen) atoms. The number of rotatable bonds is 7. The zero-order chi connectivity index (χ0) is 20.8. The minimum atomic E-state index is -0.431. The van der Waals surface area contributed by atoms with Gasteiger partial charge in [-0.2, -0.15) is 4.99 Å². The molecule has 7 nitrogen and oxygen atoms in total. The molecule has 1 aromatic carbocycles. The molecular formula is C21H26N2O5S. The molecule has 8 heteroatoms. The van der Waals surface area contributed by atoms with Crippen molar-refractivity contribution in [2.75, 3.05) is 13.7 Å². The second-order valence-electron chi connectivity index (χ2n) is 7.14. The number of fused-ring (bicyclic) bond motifs is 1. The summed E-state index contributed by atoms with van der Waals surface area (Å²) in [7, 11) is 1.32. The predicted molar refractivity (Wildman–Crippen MR) is 110 cm³/mol. The van der Waals surface area contributed by atoms with Gasteiger partial charge in [-0.25, -0.2) is 4.79 Å². The Labute approximate surface area is 173 Å². The fourth-order valence-corrected chi connectivity index (χ4v) is 4.72. The number of aromatic nitrogens is 1. The first-order valence-corrected chi connectivity index (χ1v) is 10.8. The van der Waals surface area contributed by atoms with E-state index in [1.165, 1.54) is 44.1 Å². The molecule has 0 spiro atoms. The summed E-state index contributed by atoms with van der Waals surface area (Å²) in [6.07, 6.45) is 6.13. The molecule has 1 aromatic heterocycles. The minimum absolute atomic E-state index is 0.0516. The summed E-state index contributed by atoms with van der Waals surface area (Å²) < 4.78 is 12.2. The highest BCUT2D eigenvalue weighted by molar-refractivity contribution is 7.16. The van der Waals surface area contributed by atoms with Crippen molar-refractivity contribution < 1.29 is 23.9 Å². The molecule has 0 unspecified atom stereocenters. The van der Waals surface area contributed by atoms with Gasteiger partial charge >= 0.3 is 11.9 Å². The van der Waals surface area contributed by atoms with Crippen LogP contribution in [-0.4, -0.2) is 36.1 Å². The maximum absolute atomic E-state index is 12.5. The van der Waals surface area contributed by atoms with Crippen LogP contribution >= 0.6 is 11.3 Å². The number of hydrogen-bond donors (Lipinski definition) is 0. The van der Waals surface area contributed by atoms with Crippen molar-refractivity contribution in [1.29, 1.82) is 0 Å². The van der Waals surface area contributed by atoms with Crippen LogP contribution < -0.4 is 4.80 Å². The van der Waals surface area contributed by atoms with Crippen LogP contribution in [0.1, 0.15) is 55.8 Å². The van der Waals surface area contributed by atoms with E-state index < -0.39 is 11.9 Å². The SMILES string of the molecule is CCOC(=O)c1ccc2c(c1)sc(=NC(=O)CCC1CCCC1)n2CC(=O)OC. The van der Waals surface area contributed by atoms with Crippen molar-refractivity contribution in [1.82, 2.24) is 4.57 Å². The largest absolute Gasteiger partial charge is 0.468 e. The van der Waals surface area contributed by atoms with Gasteiger partial charge in [-0.3, -0.25) is 9.59 Å². The summed E-state index contributed by atoms with van der Waals surface area (Å²) in [5, 5.41) is 0. The number of benzene rings is 1. The molecule has 1 fully saturated rings. The first-order valence-electron chi connectivity index (χ1n) is 9.96. The molecule has 0 aliphatic heterocycles. The molecular weight excluding hydrogens is 392 g/mol. The van der Waals surface area contributed by atoms with E-state index >= 15 is 0 Å². The lowest BCUT2D eigenvalue weighted by Crippen LogP contribution is -2.22. The number of hydrogen-bond acceptors (Lipinski definition) is 6. The average molecular weight is 419 g/mol. The van der Waals surface area contributed by atoms with Gasteiger partial charge in [0, 0.05) is 6.42 Å². The monoisotopic (exact) mass is 418 g/mol. The lowest BCUT2D eigenvalue weighted by atomic mass is 10.0. The van der Waals surface area contributed by atoms with Crippen LogP contribution in [0.2, 0.25) is 0 Å². The van der Waals surface area contributed by atoms with E-state index in [0.29, 0.717) is 29.3 Å². The van der Waals surface area contributed by atoms with Gasteiger partial charge in [-0.15, -0.1) is 0 Å². The quantitative estimate of drug-likeness (QED) is 0.643. The van der Waals surface area contributed by atoms with Gasteiger partial charge < -0.3 is 14.0 Å². The van der Waals surface area contributed by atoms with Crippen LogP contribution in [0.3, 0.4) is 0 Å². The van der Waals surface area contributed by atoms with Gasteiger partial charge in [0.2, 0.25) is 5.91 Å². The fourth-order valence-electron chi connectivity index (χ4n) is 3.64. The highest BCUT2D eigenvalue weighted by atomic mass is 32.1. The van der Waals surface area contributed by atoms with Crippen LogP contribution in [0.15, 0.2) is 23.2 Å². The zero-order valence-electron chi connectivity index (χ0n) is 16.8. The van der Waals surface area contributed by atoms with Gasteiger partial charge in [-0.1, -0.05) is 37.0 Å². The van der Waals surface area contributed by atoms with Crippen LogP contribution in [0.4, 0.5) is 0 Å². The third-order valence-corrected chi connectivity index (χ3v) is 6.21. The third-order valence-electron chi connectivity index (χ3n) is 5.17. The molecule has 3 rings (SSSR count). The summed E-state index contributed by atoms with van der Waals surface area (Å²) in [5.74, 6) is -0.411. The van der Waals surface area contributed by atoms with Crippen molar-refractivity contribution in [3.63, 3.8) is 0 Å². The maximum atomic E-state index is 12.5. The normalized spacial score (nSPS) is 15.0. The number of amides is 1. The van der Waals surface area contributed by atoms with Crippen molar-refractivity contribution in [2.45, 2.75) is 52.0 Å². The van der Waals surface area contributed by atoms with Crippen LogP contribution in [0.25, 0.3) is 10.2 Å². The Hall–Kier alpha value is -2.48. The Morgan fingerprint density at radius 2 is 2.00 bits per heavy atom. The molecule has 1 aliphatic carbocycles. The van der Waals surface area contributed by atoms with E-state index in [1.807, 2.05) is 0 Å². The Morgan fingerprint density at radius 1 is 1.24 bits per heavy atom. The number of carbonyl (C=O) groups excluding carboxylic acids is 3. The van der Waals surface area contributed by atoms with E-state index in [2.05, 4.69) is 4.99 Å². The Balaban J connectivity index is 1.92. The van der Waals surface area contributed by atoms with E-state index in [0.717, 1.165) is 16.6 Å². The number of nitrogens with zero attached hydrogens (tertiary/aromatic N) is 2. The topological polar surface area (TPSA) is 87.0 Å². The molecule has 0 radical (unpaired) electrons. The smallest absolute Gasteiger partial charge is 0.338 e. The standard InChI is InChI=1S/C21H26N2O5S/c1-3-28-20(26)15-9-10-16-17(12-15)29-21(23(16)13-19(25)27-2)22-18(24)11-8-14-6-4-5-7-14/h9-10,12,14H,3-8,11,13H2,1-2H3. The van der Waals surface area contributed by atoms with Crippen molar-refractivity contribution in [3.05, 3.63) is 28.6 Å². The predicted octanol–water partition coefficient (Wildman–Crippen LogP) is 3.45. The fraction of sp³-hybridized carbons (Fsp3) is 0.524. The van der Waals surface area contributed by atoms with Gasteiger partial charge in [0.05, 0.1) is 29.5 Å². The van der Waals surface area contributed by atoms with Gasteiger partial charge in [0.1, 0.15) is 6.54 Å². The average Bonchev–Trinajstić information content (AvgIpc) is 3.34. The zero-order valence-corrected chi connectivity index (χ0v) is 17.6. The first kappa shape index (κ1) is 21.2. The lowest BCUT2D eigenvalue weighted by Gasteiger charge is -2.06. The molecule has 2 aromatic rings. The first-order chi connectivity index (χ1) is 14.0. The molecule has 0 saturated heterocycles. The van der Waals surface area contributed by atoms with Gasteiger partial charge in [0.15, 0.2) is 4.80 Å². The van der Waals surface area contributed by atoms with Crippen molar-refractivity contribution in [2.24, 2.45) is 10.9 Å². The molecule has 1 aliphatic rings. The van der Waals surface area contributed by atoms with E-state index in [9.17, 15) is 14.4 Å². The third kappa shape index (κ3) is 5.32. The molecule has 1 saturated carbocycles. The molecule has 0 bridgehead atoms. The second-order valence-corrected chi connectivity index (χ2v) is 8.15. The van der Waals surface area contributed by atoms with Gasteiger partial charge in [0.25, 0.3) is 0 Å². The number of esters is 2. The summed E-state index contributed by atoms with van der Waals surface area (Å²) in [4.78, 5) is 41.1. The number of ether oxygens (including phenoxy) is 2. The molecule has 0 atom stereocenters. The number of carbonyl (C=O) groups is 3. The van der Waals surface area contributed by atoms with Crippen molar-refractivity contribution in [3.8, 4) is 0 Å². The minimum Gasteiger partial charge on any atom is -0.468 e.